The van der Waals surface area contributed by atoms with E-state index in [1.807, 2.05) is 53.3 Å². The summed E-state index contributed by atoms with van der Waals surface area (Å²) in [4.78, 5) is 25.6. The second kappa shape index (κ2) is 10.7. The lowest BCUT2D eigenvalue weighted by Gasteiger charge is -2.39. The van der Waals surface area contributed by atoms with Gasteiger partial charge in [-0.1, -0.05) is 19.9 Å². The van der Waals surface area contributed by atoms with Gasteiger partial charge in [-0.2, -0.15) is 0 Å². The molecule has 1 saturated heterocycles. The number of aromatic nitrogens is 3. The van der Waals surface area contributed by atoms with Crippen LogP contribution in [-0.2, 0) is 18.2 Å². The molecule has 190 valence electrons. The molecule has 3 heterocycles. The number of imidazole rings is 1. The van der Waals surface area contributed by atoms with Crippen molar-refractivity contribution in [1.82, 2.24) is 19.4 Å². The van der Waals surface area contributed by atoms with E-state index in [-0.39, 0.29) is 12.0 Å². The van der Waals surface area contributed by atoms with Crippen LogP contribution in [0.5, 0.6) is 0 Å². The largest absolute Gasteiger partial charge is 0.444 e. The number of amides is 1. The van der Waals surface area contributed by atoms with E-state index >= 15 is 0 Å². The smallest absolute Gasteiger partial charge is 0.410 e. The van der Waals surface area contributed by atoms with E-state index in [9.17, 15) is 4.79 Å². The number of pyridine rings is 1. The van der Waals surface area contributed by atoms with Gasteiger partial charge in [-0.25, -0.2) is 9.78 Å². The molecule has 0 spiro atoms. The van der Waals surface area contributed by atoms with Crippen LogP contribution in [0.1, 0.15) is 72.1 Å². The lowest BCUT2D eigenvalue weighted by molar-refractivity contribution is 0.00787. The van der Waals surface area contributed by atoms with E-state index in [4.69, 9.17) is 9.72 Å². The van der Waals surface area contributed by atoms with Crippen molar-refractivity contribution in [2.45, 2.75) is 72.8 Å². The van der Waals surface area contributed by atoms with Gasteiger partial charge in [-0.05, 0) is 70.7 Å². The monoisotopic (exact) mass is 479 g/mol. The number of carbonyl (C=O) groups excluding carboxylic acids is 1. The molecule has 0 atom stereocenters. The van der Waals surface area contributed by atoms with Crippen LogP contribution >= 0.6 is 0 Å². The maximum Gasteiger partial charge on any atom is 0.410 e. The third-order valence-corrected chi connectivity index (χ3v) is 6.57. The van der Waals surface area contributed by atoms with Crippen LogP contribution in [0.3, 0.4) is 0 Å². The van der Waals surface area contributed by atoms with Crippen molar-refractivity contribution >= 4 is 23.9 Å². The molecule has 3 rings (SSSR count). The van der Waals surface area contributed by atoms with Gasteiger partial charge in [0.25, 0.3) is 0 Å². The van der Waals surface area contributed by atoms with Crippen LogP contribution in [0.25, 0.3) is 12.2 Å². The first-order valence-electron chi connectivity index (χ1n) is 12.5. The predicted octanol–water partition coefficient (Wildman–Crippen LogP) is 4.11. The van der Waals surface area contributed by atoms with Gasteiger partial charge >= 0.3 is 6.09 Å². The summed E-state index contributed by atoms with van der Waals surface area (Å²) in [7, 11) is 4.14. The van der Waals surface area contributed by atoms with Crippen molar-refractivity contribution < 1.29 is 9.53 Å². The summed E-state index contributed by atoms with van der Waals surface area (Å²) < 4.78 is 7.55. The number of carbonyl (C=O) groups is 1. The number of hydrogen-bond acceptors (Lipinski definition) is 5. The minimum Gasteiger partial charge on any atom is -0.444 e. The van der Waals surface area contributed by atoms with E-state index in [0.717, 1.165) is 40.6 Å². The Hall–Kier alpha value is -3.09. The normalized spacial score (nSPS) is 16.3. The van der Waals surface area contributed by atoms with Gasteiger partial charge in [0, 0.05) is 44.5 Å². The predicted molar refractivity (Wildman–Crippen MR) is 143 cm³/mol. The van der Waals surface area contributed by atoms with Gasteiger partial charge in [0.2, 0.25) is 0 Å². The van der Waals surface area contributed by atoms with Crippen LogP contribution < -0.4 is 15.6 Å². The average molecular weight is 480 g/mol. The Kier molecular flexibility index (Phi) is 8.08. The fraction of sp³-hybridized carbons (Fsp3) is 0.536. The highest BCUT2D eigenvalue weighted by Gasteiger charge is 2.35. The SMILES string of the molecule is C/C=c1/ncn(C)/c1=C/C(=C(\C)CC)N(C)c1cnc(C2CN(C(=O)OC(C)(C)C)C2)cc1CC. The molecule has 0 aliphatic carbocycles. The summed E-state index contributed by atoms with van der Waals surface area (Å²) in [5.74, 6) is 0.239. The lowest BCUT2D eigenvalue weighted by atomic mass is 9.94. The fourth-order valence-corrected chi connectivity index (χ4v) is 4.26. The molecule has 35 heavy (non-hydrogen) atoms. The number of ether oxygens (including phenoxy) is 1. The second-order valence-electron chi connectivity index (χ2n) is 10.3. The number of rotatable bonds is 6. The Morgan fingerprint density at radius 3 is 2.51 bits per heavy atom. The molecule has 7 nitrogen and oxygen atoms in total. The third kappa shape index (κ3) is 5.95. The number of allylic oxidation sites excluding steroid dienone is 2. The van der Waals surface area contributed by atoms with E-state index in [1.54, 1.807) is 4.90 Å². The average Bonchev–Trinajstić information content (AvgIpc) is 3.13. The topological polar surface area (TPSA) is 63.5 Å². The fourth-order valence-electron chi connectivity index (χ4n) is 4.26. The quantitative estimate of drug-likeness (QED) is 0.624. The molecule has 0 aromatic carbocycles. The molecule has 0 N–H and O–H groups in total. The minimum atomic E-state index is -0.480. The number of aryl methyl sites for hydroxylation is 2. The van der Waals surface area contributed by atoms with Crippen LogP contribution in [0.2, 0.25) is 0 Å². The lowest BCUT2D eigenvalue weighted by Crippen LogP contribution is -2.50. The Morgan fingerprint density at radius 1 is 1.26 bits per heavy atom. The summed E-state index contributed by atoms with van der Waals surface area (Å²) in [6.07, 6.45) is 9.70. The van der Waals surface area contributed by atoms with Gasteiger partial charge in [-0.15, -0.1) is 0 Å². The number of hydrogen-bond donors (Lipinski definition) is 0. The number of nitrogens with zero attached hydrogens (tertiary/aromatic N) is 5. The van der Waals surface area contributed by atoms with Crippen LogP contribution in [-0.4, -0.2) is 51.3 Å². The van der Waals surface area contributed by atoms with Gasteiger partial charge in [0.15, 0.2) is 0 Å². The maximum atomic E-state index is 12.3. The van der Waals surface area contributed by atoms with Crippen LogP contribution in [0.15, 0.2) is 29.9 Å². The zero-order chi connectivity index (χ0) is 25.9. The summed E-state index contributed by atoms with van der Waals surface area (Å²) >= 11 is 0. The molecule has 7 heteroatoms. The summed E-state index contributed by atoms with van der Waals surface area (Å²) in [5, 5.41) is 2.06. The summed E-state index contributed by atoms with van der Waals surface area (Å²) in [5.41, 5.74) is 5.36. The molecule has 0 bridgehead atoms. The van der Waals surface area contributed by atoms with Crippen molar-refractivity contribution in [3.63, 3.8) is 0 Å². The Balaban J connectivity index is 1.88. The van der Waals surface area contributed by atoms with E-state index < -0.39 is 5.60 Å². The summed E-state index contributed by atoms with van der Waals surface area (Å²) in [6, 6.07) is 2.21. The molecule has 2 aromatic heterocycles. The molecule has 1 amide bonds. The molecule has 0 unspecified atom stereocenters. The Labute approximate surface area is 209 Å². The number of likely N-dealkylation sites (tertiary alicyclic amines) is 1. The zero-order valence-electron chi connectivity index (χ0n) is 22.8. The van der Waals surface area contributed by atoms with E-state index in [0.29, 0.717) is 13.1 Å². The van der Waals surface area contributed by atoms with Crippen molar-refractivity contribution in [3.8, 4) is 0 Å². The Morgan fingerprint density at radius 2 is 1.94 bits per heavy atom. The third-order valence-electron chi connectivity index (χ3n) is 6.57. The molecular weight excluding hydrogens is 438 g/mol. The molecule has 1 fully saturated rings. The minimum absolute atomic E-state index is 0.239. The van der Waals surface area contributed by atoms with Gasteiger partial charge in [0.05, 0.1) is 28.9 Å². The van der Waals surface area contributed by atoms with Crippen molar-refractivity contribution in [2.75, 3.05) is 25.0 Å². The molecular formula is C28H41N5O2. The molecule has 0 radical (unpaired) electrons. The van der Waals surface area contributed by atoms with Gasteiger partial charge in [0.1, 0.15) is 5.60 Å². The van der Waals surface area contributed by atoms with Crippen LogP contribution in [0.4, 0.5) is 10.5 Å². The standard InChI is InChI=1S/C28H41N5O2/c1-10-19(4)24(14-25-22(12-3)30-18-31(25)8)32(9)26-15-29-23(13-20(26)11-2)21-16-33(17-21)27(34)35-28(5,6)7/h12-15,18,21H,10-11,16-17H2,1-9H3/b22-12+,24-19-,25-14+. The molecule has 1 aliphatic rings. The second-order valence-corrected chi connectivity index (χ2v) is 10.3. The summed E-state index contributed by atoms with van der Waals surface area (Å²) in [6.45, 7) is 15.5. The maximum absolute atomic E-state index is 12.3. The molecule has 0 saturated carbocycles. The van der Waals surface area contributed by atoms with Crippen molar-refractivity contribution in [2.24, 2.45) is 7.05 Å². The highest BCUT2D eigenvalue weighted by molar-refractivity contribution is 5.70. The van der Waals surface area contributed by atoms with E-state index in [1.165, 1.54) is 11.1 Å². The first-order valence-corrected chi connectivity index (χ1v) is 12.5. The Bertz CT molecular complexity index is 1210. The first-order chi connectivity index (χ1) is 16.5. The van der Waals surface area contributed by atoms with Crippen molar-refractivity contribution in [1.29, 1.82) is 0 Å². The van der Waals surface area contributed by atoms with Crippen molar-refractivity contribution in [3.05, 3.63) is 51.8 Å². The highest BCUT2D eigenvalue weighted by Crippen LogP contribution is 2.32. The van der Waals surface area contributed by atoms with Gasteiger partial charge in [-0.3, -0.25) is 4.98 Å². The molecule has 2 aromatic rings. The highest BCUT2D eigenvalue weighted by atomic mass is 16.6. The van der Waals surface area contributed by atoms with E-state index in [2.05, 4.69) is 54.4 Å². The molecule has 1 aliphatic heterocycles. The first kappa shape index (κ1) is 26.5. The van der Waals surface area contributed by atoms with Crippen LogP contribution in [0, 0.1) is 0 Å². The zero-order valence-corrected chi connectivity index (χ0v) is 22.8. The van der Waals surface area contributed by atoms with Gasteiger partial charge < -0.3 is 19.1 Å². The number of anilines is 1.